The number of likely N-dealkylation sites (N-methyl/N-ethyl adjacent to an activating group) is 2. The largest absolute Gasteiger partial charge is 0.504 e. The molecular formula is C35H40N2O6. The molecule has 9 atom stereocenters. The number of phenolic OH excluding ortho intramolecular Hbond substituents is 2. The van der Waals surface area contributed by atoms with Gasteiger partial charge < -0.3 is 34.6 Å². The quantitative estimate of drug-likeness (QED) is 0.406. The number of piperidine rings is 2. The van der Waals surface area contributed by atoms with Crippen LogP contribution in [0.3, 0.4) is 0 Å². The fourth-order valence-corrected chi connectivity index (χ4v) is 11.2. The number of rotatable bonds is 0. The molecule has 4 heterocycles. The van der Waals surface area contributed by atoms with Crippen LogP contribution in [0.5, 0.6) is 23.0 Å². The van der Waals surface area contributed by atoms with Crippen molar-refractivity contribution in [3.8, 4) is 23.0 Å². The lowest BCUT2D eigenvalue weighted by Gasteiger charge is -2.60. The summed E-state index contributed by atoms with van der Waals surface area (Å²) in [6, 6.07) is 8.47. The first-order valence-electron chi connectivity index (χ1n) is 16.0. The minimum absolute atomic E-state index is 0.160. The molecule has 4 aliphatic carbocycles. The van der Waals surface area contributed by atoms with Crippen LogP contribution in [-0.4, -0.2) is 88.0 Å². The maximum atomic E-state index is 12.8. The third-order valence-electron chi connectivity index (χ3n) is 13.1. The summed E-state index contributed by atoms with van der Waals surface area (Å²) in [4.78, 5) is 17.7. The number of likely N-dealkylation sites (tertiary alicyclic amines) is 2. The zero-order chi connectivity index (χ0) is 29.6. The second-order valence-corrected chi connectivity index (χ2v) is 14.6. The van der Waals surface area contributed by atoms with E-state index in [2.05, 4.69) is 30.0 Å². The molecule has 3 fully saturated rings. The normalized spacial score (nSPS) is 42.3. The van der Waals surface area contributed by atoms with Gasteiger partial charge in [-0.2, -0.15) is 0 Å². The number of carbonyl (C=O) groups excluding carboxylic acids is 1. The van der Waals surface area contributed by atoms with Crippen LogP contribution >= 0.6 is 0 Å². The Morgan fingerprint density at radius 3 is 2.35 bits per heavy atom. The van der Waals surface area contributed by atoms with Gasteiger partial charge in [-0.25, -0.2) is 0 Å². The number of aliphatic hydroxyl groups is 1. The maximum Gasteiger partial charge on any atom is 0.177 e. The number of ketones is 1. The second kappa shape index (κ2) is 8.34. The molecule has 0 unspecified atom stereocenters. The van der Waals surface area contributed by atoms with E-state index in [4.69, 9.17) is 9.47 Å². The summed E-state index contributed by atoms with van der Waals surface area (Å²) in [5, 5.41) is 31.0. The van der Waals surface area contributed by atoms with Gasteiger partial charge in [-0.1, -0.05) is 24.3 Å². The smallest absolute Gasteiger partial charge is 0.177 e. The lowest BCUT2D eigenvalue weighted by molar-refractivity contribution is -0.153. The molecule has 2 aromatic carbocycles. The van der Waals surface area contributed by atoms with Gasteiger partial charge in [0.25, 0.3) is 0 Å². The molecule has 3 N–H and O–H groups in total. The van der Waals surface area contributed by atoms with Gasteiger partial charge in [-0.3, -0.25) is 4.79 Å². The Bertz CT molecular complexity index is 1620. The lowest BCUT2D eigenvalue weighted by atomic mass is 9.47. The van der Waals surface area contributed by atoms with Crippen LogP contribution in [0, 0.1) is 11.8 Å². The predicted molar refractivity (Wildman–Crippen MR) is 159 cm³/mol. The monoisotopic (exact) mass is 584 g/mol. The molecular weight excluding hydrogens is 544 g/mol. The van der Waals surface area contributed by atoms with Gasteiger partial charge in [0.05, 0.1) is 5.41 Å². The molecule has 8 aliphatic rings. The predicted octanol–water partition coefficient (Wildman–Crippen LogP) is 3.22. The van der Waals surface area contributed by atoms with Gasteiger partial charge in [0, 0.05) is 41.0 Å². The van der Waals surface area contributed by atoms with Crippen LogP contribution in [0.1, 0.15) is 54.9 Å². The number of hydrogen-bond acceptors (Lipinski definition) is 8. The van der Waals surface area contributed by atoms with E-state index in [-0.39, 0.29) is 34.2 Å². The Kier molecular flexibility index (Phi) is 5.11. The first-order valence-corrected chi connectivity index (χ1v) is 16.0. The van der Waals surface area contributed by atoms with E-state index in [1.54, 1.807) is 12.1 Å². The molecule has 4 bridgehead atoms. The number of nitrogens with zero attached hydrogens (tertiary/aromatic N) is 2. The van der Waals surface area contributed by atoms with Crippen molar-refractivity contribution in [3.05, 3.63) is 58.7 Å². The Balaban J connectivity index is 0.000000121. The van der Waals surface area contributed by atoms with Crippen LogP contribution in [0.15, 0.2) is 36.4 Å². The topological polar surface area (TPSA) is 103 Å². The molecule has 2 aromatic rings. The van der Waals surface area contributed by atoms with E-state index in [0.29, 0.717) is 41.8 Å². The standard InChI is InChI=1S/C18H21NO3.C17H19NO3/c1-17-14(21)6-4-11-12-9-10-3-5-13(20)16(22-17)15(10)18(11,17)7-8-19(12)2;1-18-7-6-17-10-3-5-13(20)16(17)21-15-12(19)4-2-9(14(15)17)8-11(10)18/h3,5,11-12,20H,4,6-9H2,1-2H3;2-5,10-11,13,16,19-20H,6-8H2,1H3/t11-,12+,17-,18-;10-,11+,13-,16-,17-/m00/s1. The van der Waals surface area contributed by atoms with Crippen LogP contribution < -0.4 is 9.47 Å². The second-order valence-electron chi connectivity index (χ2n) is 14.6. The highest BCUT2D eigenvalue weighted by molar-refractivity contribution is 5.93. The molecule has 8 nitrogen and oxygen atoms in total. The Labute approximate surface area is 251 Å². The minimum atomic E-state index is -0.800. The van der Waals surface area contributed by atoms with E-state index in [9.17, 15) is 20.1 Å². The maximum absolute atomic E-state index is 12.8. The summed E-state index contributed by atoms with van der Waals surface area (Å²) in [5.74, 6) is 2.62. The van der Waals surface area contributed by atoms with E-state index in [0.717, 1.165) is 50.8 Å². The first-order chi connectivity index (χ1) is 20.6. The fourth-order valence-electron chi connectivity index (χ4n) is 11.2. The zero-order valence-electron chi connectivity index (χ0n) is 25.0. The van der Waals surface area contributed by atoms with Crippen LogP contribution in [0.2, 0.25) is 0 Å². The van der Waals surface area contributed by atoms with E-state index in [1.165, 1.54) is 16.7 Å². The molecule has 43 heavy (non-hydrogen) atoms. The van der Waals surface area contributed by atoms with Crippen LogP contribution in [0.25, 0.3) is 0 Å². The summed E-state index contributed by atoms with van der Waals surface area (Å²) < 4.78 is 12.3. The third kappa shape index (κ3) is 2.92. The minimum Gasteiger partial charge on any atom is -0.504 e. The summed E-state index contributed by atoms with van der Waals surface area (Å²) in [6.45, 7) is 3.97. The van der Waals surface area contributed by atoms with E-state index in [1.807, 2.05) is 25.1 Å². The molecule has 0 radical (unpaired) electrons. The summed E-state index contributed by atoms with van der Waals surface area (Å²) >= 11 is 0. The van der Waals surface area contributed by atoms with E-state index < -0.39 is 11.7 Å². The van der Waals surface area contributed by atoms with Crippen molar-refractivity contribution in [1.82, 2.24) is 9.80 Å². The zero-order valence-corrected chi connectivity index (χ0v) is 25.0. The van der Waals surface area contributed by atoms with Crippen LogP contribution in [0.4, 0.5) is 0 Å². The fraction of sp³-hybridized carbons (Fsp3) is 0.571. The summed E-state index contributed by atoms with van der Waals surface area (Å²) in [5.41, 5.74) is 3.67. The third-order valence-corrected chi connectivity index (χ3v) is 13.1. The van der Waals surface area contributed by atoms with Crippen LogP contribution in [-0.2, 0) is 28.5 Å². The molecule has 10 rings (SSSR count). The molecule has 2 saturated heterocycles. The highest BCUT2D eigenvalue weighted by atomic mass is 16.5. The highest BCUT2D eigenvalue weighted by Crippen LogP contribution is 2.67. The number of Topliss-reactive ketones (excluding diaryl/α,β-unsaturated/α-hetero) is 1. The van der Waals surface area contributed by atoms with Crippen molar-refractivity contribution in [1.29, 1.82) is 0 Å². The van der Waals surface area contributed by atoms with Crippen molar-refractivity contribution < 1.29 is 29.6 Å². The Morgan fingerprint density at radius 2 is 1.56 bits per heavy atom. The average molecular weight is 585 g/mol. The molecule has 1 saturated carbocycles. The van der Waals surface area contributed by atoms with Crippen molar-refractivity contribution in [2.24, 2.45) is 11.8 Å². The number of aromatic hydroxyl groups is 2. The number of benzene rings is 2. The molecule has 4 aliphatic heterocycles. The van der Waals surface area contributed by atoms with Gasteiger partial charge in [0.15, 0.2) is 34.4 Å². The molecule has 2 spiro atoms. The summed E-state index contributed by atoms with van der Waals surface area (Å²) in [7, 11) is 4.39. The molecule has 226 valence electrons. The highest BCUT2D eigenvalue weighted by Gasteiger charge is 2.71. The van der Waals surface area contributed by atoms with Crippen molar-refractivity contribution in [3.63, 3.8) is 0 Å². The number of aliphatic hydroxyl groups excluding tert-OH is 1. The molecule has 8 heteroatoms. The molecule has 0 amide bonds. The van der Waals surface area contributed by atoms with Gasteiger partial charge in [0.2, 0.25) is 0 Å². The van der Waals surface area contributed by atoms with Crippen molar-refractivity contribution in [2.45, 2.75) is 86.2 Å². The van der Waals surface area contributed by atoms with Crippen molar-refractivity contribution >= 4 is 5.78 Å². The van der Waals surface area contributed by atoms with Crippen molar-refractivity contribution in [2.75, 3.05) is 27.2 Å². The lowest BCUT2D eigenvalue weighted by Crippen LogP contribution is -2.70. The Morgan fingerprint density at radius 1 is 0.884 bits per heavy atom. The number of phenols is 2. The van der Waals surface area contributed by atoms with E-state index >= 15 is 0 Å². The number of hydrogen-bond donors (Lipinski definition) is 3. The average Bonchev–Trinajstić information content (AvgIpc) is 3.49. The van der Waals surface area contributed by atoms with Gasteiger partial charge >= 0.3 is 0 Å². The first kappa shape index (κ1) is 26.3. The number of ether oxygens (including phenoxy) is 2. The number of carbonyl (C=O) groups is 1. The van der Waals surface area contributed by atoms with Gasteiger partial charge in [0.1, 0.15) is 12.2 Å². The summed E-state index contributed by atoms with van der Waals surface area (Å²) in [6.07, 6.45) is 8.66. The van der Waals surface area contributed by atoms with Gasteiger partial charge in [-0.05, 0) is 95.4 Å². The Hall–Kier alpha value is -3.07. The molecule has 0 aromatic heterocycles. The van der Waals surface area contributed by atoms with Gasteiger partial charge in [-0.15, -0.1) is 0 Å². The SMILES string of the molecule is CN1CC[C@]23c4c5ccc(O)c4O[C@@]2(C)C(=O)CC[C@H]3[C@H]1C5.CN1CC[C@]23c4c5ccc(O)c4O[C@H]2[C@@H](O)C=C[C@H]3[C@H]1C5.